The zero-order valence-electron chi connectivity index (χ0n) is 15.6. The first kappa shape index (κ1) is 18.7. The minimum Gasteiger partial charge on any atom is -0.504 e. The molecule has 3 aromatic rings. The Morgan fingerprint density at radius 2 is 1.89 bits per heavy atom. The number of nitrogens with two attached hydrogens (primary N) is 1. The Balaban J connectivity index is 1.92. The number of rotatable bonds is 7. The zero-order chi connectivity index (χ0) is 19.6. The Hall–Kier alpha value is -3.07. The fraction of sp³-hybridized carbons (Fsp3) is 0.389. The normalized spacial score (nSPS) is 12.5. The van der Waals surface area contributed by atoms with Gasteiger partial charge in [-0.05, 0) is 38.5 Å². The molecule has 0 spiro atoms. The molecule has 0 radical (unpaired) electrons. The zero-order valence-corrected chi connectivity index (χ0v) is 15.6. The van der Waals surface area contributed by atoms with Crippen molar-refractivity contribution in [2.24, 2.45) is 5.73 Å². The van der Waals surface area contributed by atoms with E-state index in [4.69, 9.17) is 5.73 Å². The molecule has 1 aromatic carbocycles. The summed E-state index contributed by atoms with van der Waals surface area (Å²) in [5, 5.41) is 25.5. The molecule has 1 unspecified atom stereocenters. The maximum atomic E-state index is 9.66. The van der Waals surface area contributed by atoms with E-state index in [9.17, 15) is 10.2 Å². The average Bonchev–Trinajstić information content (AvgIpc) is 3.05. The summed E-state index contributed by atoms with van der Waals surface area (Å²) in [4.78, 5) is 13.6. The molecule has 0 amide bonds. The van der Waals surface area contributed by atoms with Crippen molar-refractivity contribution in [1.29, 1.82) is 0 Å². The van der Waals surface area contributed by atoms with E-state index >= 15 is 0 Å². The molecule has 0 fully saturated rings. The molecule has 0 aliphatic rings. The summed E-state index contributed by atoms with van der Waals surface area (Å²) >= 11 is 0. The van der Waals surface area contributed by atoms with Gasteiger partial charge in [0.1, 0.15) is 0 Å². The lowest BCUT2D eigenvalue weighted by Gasteiger charge is -2.13. The van der Waals surface area contributed by atoms with Gasteiger partial charge in [-0.3, -0.25) is 0 Å². The highest BCUT2D eigenvalue weighted by molar-refractivity contribution is 5.84. The number of hydrogen-bond donors (Lipinski definition) is 5. The van der Waals surface area contributed by atoms with Crippen molar-refractivity contribution in [3.8, 4) is 11.5 Å². The van der Waals surface area contributed by atoms with E-state index < -0.39 is 0 Å². The van der Waals surface area contributed by atoms with Crippen LogP contribution in [-0.4, -0.2) is 42.3 Å². The smallest absolute Gasteiger partial charge is 0.226 e. The van der Waals surface area contributed by atoms with Gasteiger partial charge in [0.15, 0.2) is 28.5 Å². The van der Waals surface area contributed by atoms with Crippen LogP contribution in [0.2, 0.25) is 0 Å². The molecule has 0 aliphatic heterocycles. The van der Waals surface area contributed by atoms with Crippen molar-refractivity contribution < 1.29 is 10.2 Å². The number of nitrogens with zero attached hydrogens (tertiary/aromatic N) is 4. The summed E-state index contributed by atoms with van der Waals surface area (Å²) < 4.78 is 1.98. The van der Waals surface area contributed by atoms with Gasteiger partial charge in [-0.1, -0.05) is 6.07 Å². The van der Waals surface area contributed by atoms with Crippen molar-refractivity contribution >= 4 is 22.9 Å². The third-order valence-corrected chi connectivity index (χ3v) is 4.06. The highest BCUT2D eigenvalue weighted by atomic mass is 16.3. The standard InChI is InChI=1S/C18H25N7O2/c1-10(2)25-9-22-15-16(20-8-12-4-5-13(26)14(27)6-12)23-18(24-17(15)25)21-7-11(3)19/h4-6,9-11,26-27H,7-8,19H2,1-3H3,(H2,20,21,23,24). The lowest BCUT2D eigenvalue weighted by Crippen LogP contribution is -2.26. The number of phenols is 2. The molecule has 9 nitrogen and oxygen atoms in total. The van der Waals surface area contributed by atoms with Crippen LogP contribution in [0.5, 0.6) is 11.5 Å². The molecule has 27 heavy (non-hydrogen) atoms. The van der Waals surface area contributed by atoms with Crippen molar-refractivity contribution in [1.82, 2.24) is 19.5 Å². The van der Waals surface area contributed by atoms with Crippen molar-refractivity contribution in [2.45, 2.75) is 39.4 Å². The van der Waals surface area contributed by atoms with Crippen LogP contribution in [-0.2, 0) is 6.54 Å². The first-order chi connectivity index (χ1) is 12.8. The highest BCUT2D eigenvalue weighted by Crippen LogP contribution is 2.27. The van der Waals surface area contributed by atoms with Crippen LogP contribution in [0.25, 0.3) is 11.2 Å². The number of fused-ring (bicyclic) bond motifs is 1. The van der Waals surface area contributed by atoms with E-state index in [0.717, 1.165) is 11.2 Å². The van der Waals surface area contributed by atoms with Gasteiger partial charge in [0.05, 0.1) is 6.33 Å². The summed E-state index contributed by atoms with van der Waals surface area (Å²) in [5.74, 6) is 0.740. The minimum absolute atomic E-state index is 0.0318. The highest BCUT2D eigenvalue weighted by Gasteiger charge is 2.15. The Kier molecular flexibility index (Phi) is 5.31. The molecule has 0 saturated carbocycles. The lowest BCUT2D eigenvalue weighted by molar-refractivity contribution is 0.403. The van der Waals surface area contributed by atoms with Crippen LogP contribution in [0.15, 0.2) is 24.5 Å². The average molecular weight is 371 g/mol. The van der Waals surface area contributed by atoms with Crippen LogP contribution in [0.4, 0.5) is 11.8 Å². The van der Waals surface area contributed by atoms with E-state index in [-0.39, 0.29) is 23.6 Å². The molecule has 0 aliphatic carbocycles. The van der Waals surface area contributed by atoms with Gasteiger partial charge in [0.2, 0.25) is 5.95 Å². The molecule has 1 atom stereocenters. The predicted octanol–water partition coefficient (Wildman–Crippen LogP) is 2.19. The number of phenolic OH excluding ortho intramolecular Hbond substituents is 2. The largest absolute Gasteiger partial charge is 0.504 e. The first-order valence-corrected chi connectivity index (χ1v) is 8.84. The molecule has 0 bridgehead atoms. The molecule has 3 rings (SSSR count). The summed E-state index contributed by atoms with van der Waals surface area (Å²) in [7, 11) is 0. The number of aromatic hydroxyl groups is 2. The van der Waals surface area contributed by atoms with Gasteiger partial charge in [-0.25, -0.2) is 4.98 Å². The maximum absolute atomic E-state index is 9.66. The third kappa shape index (κ3) is 4.20. The van der Waals surface area contributed by atoms with Crippen LogP contribution in [0, 0.1) is 0 Å². The fourth-order valence-electron chi connectivity index (χ4n) is 2.61. The predicted molar refractivity (Wildman–Crippen MR) is 105 cm³/mol. The van der Waals surface area contributed by atoms with Gasteiger partial charge in [0.25, 0.3) is 0 Å². The lowest BCUT2D eigenvalue weighted by atomic mass is 10.2. The Morgan fingerprint density at radius 3 is 2.56 bits per heavy atom. The van der Waals surface area contributed by atoms with Crippen molar-refractivity contribution in [3.63, 3.8) is 0 Å². The summed E-state index contributed by atoms with van der Waals surface area (Å²) in [5.41, 5.74) is 8.00. The monoisotopic (exact) mass is 371 g/mol. The molecular formula is C18H25N7O2. The number of anilines is 2. The third-order valence-electron chi connectivity index (χ3n) is 4.06. The number of benzene rings is 1. The van der Waals surface area contributed by atoms with Crippen LogP contribution < -0.4 is 16.4 Å². The van der Waals surface area contributed by atoms with Crippen molar-refractivity contribution in [3.05, 3.63) is 30.1 Å². The van der Waals surface area contributed by atoms with E-state index in [1.165, 1.54) is 12.1 Å². The second kappa shape index (κ2) is 7.67. The molecule has 144 valence electrons. The quantitative estimate of drug-likeness (QED) is 0.399. The molecule has 2 aromatic heterocycles. The van der Waals surface area contributed by atoms with E-state index in [1.807, 2.05) is 11.5 Å². The summed E-state index contributed by atoms with van der Waals surface area (Å²) in [6.07, 6.45) is 1.75. The summed E-state index contributed by atoms with van der Waals surface area (Å²) in [6, 6.07) is 4.85. The van der Waals surface area contributed by atoms with E-state index in [0.29, 0.717) is 30.4 Å². The van der Waals surface area contributed by atoms with Crippen LogP contribution >= 0.6 is 0 Å². The van der Waals surface area contributed by atoms with Crippen LogP contribution in [0.1, 0.15) is 32.4 Å². The topological polar surface area (TPSA) is 134 Å². The molecular weight excluding hydrogens is 346 g/mol. The minimum atomic E-state index is -0.162. The first-order valence-electron chi connectivity index (χ1n) is 8.84. The Bertz CT molecular complexity index is 937. The fourth-order valence-corrected chi connectivity index (χ4v) is 2.61. The second-order valence-corrected chi connectivity index (χ2v) is 6.85. The number of hydrogen-bond acceptors (Lipinski definition) is 8. The van der Waals surface area contributed by atoms with Gasteiger partial charge in [0, 0.05) is 25.2 Å². The molecule has 0 saturated heterocycles. The molecule has 2 heterocycles. The maximum Gasteiger partial charge on any atom is 0.226 e. The van der Waals surface area contributed by atoms with Gasteiger partial charge in [-0.2, -0.15) is 9.97 Å². The van der Waals surface area contributed by atoms with E-state index in [2.05, 4.69) is 39.4 Å². The van der Waals surface area contributed by atoms with Gasteiger partial charge < -0.3 is 31.1 Å². The SMILES string of the molecule is CC(N)CNc1nc(NCc2ccc(O)c(O)c2)c2ncn(C(C)C)c2n1. The number of imidazole rings is 1. The van der Waals surface area contributed by atoms with Gasteiger partial charge in [-0.15, -0.1) is 0 Å². The molecule has 9 heteroatoms. The second-order valence-electron chi connectivity index (χ2n) is 6.85. The van der Waals surface area contributed by atoms with E-state index in [1.54, 1.807) is 12.4 Å². The Labute approximate surface area is 157 Å². The number of aromatic nitrogens is 4. The Morgan fingerprint density at radius 1 is 1.11 bits per heavy atom. The van der Waals surface area contributed by atoms with Crippen LogP contribution in [0.3, 0.4) is 0 Å². The number of nitrogens with one attached hydrogen (secondary N) is 2. The van der Waals surface area contributed by atoms with Gasteiger partial charge >= 0.3 is 0 Å². The molecule has 6 N–H and O–H groups in total. The summed E-state index contributed by atoms with van der Waals surface area (Å²) in [6.45, 7) is 6.98. The van der Waals surface area contributed by atoms with Crippen molar-refractivity contribution in [2.75, 3.05) is 17.2 Å².